The molecule has 5 nitrogen and oxygen atoms in total. The Kier molecular flexibility index (Phi) is 6.26. The zero-order valence-electron chi connectivity index (χ0n) is 15.9. The van der Waals surface area contributed by atoms with Crippen molar-refractivity contribution in [3.05, 3.63) is 59.4 Å². The number of amides is 1. The van der Waals surface area contributed by atoms with Gasteiger partial charge >= 0.3 is 0 Å². The largest absolute Gasteiger partial charge is 0.493 e. The van der Waals surface area contributed by atoms with Crippen molar-refractivity contribution in [1.29, 1.82) is 0 Å². The van der Waals surface area contributed by atoms with Crippen molar-refractivity contribution in [2.75, 3.05) is 19.0 Å². The van der Waals surface area contributed by atoms with Gasteiger partial charge in [-0.2, -0.15) is 0 Å². The van der Waals surface area contributed by atoms with Crippen molar-refractivity contribution in [2.45, 2.75) is 13.8 Å². The van der Waals surface area contributed by atoms with Gasteiger partial charge in [0.25, 0.3) is 5.91 Å². The lowest BCUT2D eigenvalue weighted by Gasteiger charge is -2.13. The van der Waals surface area contributed by atoms with Crippen LogP contribution in [0.3, 0.4) is 0 Å². The summed E-state index contributed by atoms with van der Waals surface area (Å²) in [5.74, 6) is 0.989. The van der Waals surface area contributed by atoms with Gasteiger partial charge in [0.1, 0.15) is 16.5 Å². The summed E-state index contributed by atoms with van der Waals surface area (Å²) < 4.78 is 24.2. The Balaban J connectivity index is 1.75. The van der Waals surface area contributed by atoms with Crippen LogP contribution in [0.5, 0.6) is 11.5 Å². The number of hydrogen-bond donors (Lipinski definition) is 1. The molecular formula is C21H21FN2O3S. The second-order valence-corrected chi connectivity index (χ2v) is 7.43. The zero-order chi connectivity index (χ0) is 20.1. The van der Waals surface area contributed by atoms with Gasteiger partial charge in [0, 0.05) is 16.6 Å². The maximum absolute atomic E-state index is 13.0. The highest BCUT2D eigenvalue weighted by Crippen LogP contribution is 2.34. The lowest BCUT2D eigenvalue weighted by Crippen LogP contribution is -2.12. The molecule has 28 heavy (non-hydrogen) atoms. The monoisotopic (exact) mass is 400 g/mol. The van der Waals surface area contributed by atoms with E-state index in [2.05, 4.69) is 24.1 Å². The van der Waals surface area contributed by atoms with Crippen LogP contribution in [0.4, 0.5) is 10.1 Å². The van der Waals surface area contributed by atoms with E-state index in [4.69, 9.17) is 9.47 Å². The number of anilines is 1. The van der Waals surface area contributed by atoms with Crippen LogP contribution >= 0.6 is 11.3 Å². The Bertz CT molecular complexity index is 955. The summed E-state index contributed by atoms with van der Waals surface area (Å²) in [5, 5.41) is 5.08. The summed E-state index contributed by atoms with van der Waals surface area (Å²) in [5.41, 5.74) is 1.64. The van der Waals surface area contributed by atoms with E-state index in [1.165, 1.54) is 35.6 Å². The predicted molar refractivity (Wildman–Crippen MR) is 109 cm³/mol. The maximum atomic E-state index is 13.0. The number of nitrogens with one attached hydrogen (secondary N) is 1. The van der Waals surface area contributed by atoms with E-state index in [9.17, 15) is 9.18 Å². The molecule has 1 amide bonds. The molecule has 7 heteroatoms. The highest BCUT2D eigenvalue weighted by molar-refractivity contribution is 7.13. The minimum absolute atomic E-state index is 0.295. The van der Waals surface area contributed by atoms with E-state index in [0.717, 1.165) is 5.56 Å². The van der Waals surface area contributed by atoms with Gasteiger partial charge < -0.3 is 14.8 Å². The van der Waals surface area contributed by atoms with Gasteiger partial charge in [-0.1, -0.05) is 13.8 Å². The van der Waals surface area contributed by atoms with Crippen LogP contribution in [0.2, 0.25) is 0 Å². The van der Waals surface area contributed by atoms with Crippen LogP contribution in [0, 0.1) is 11.7 Å². The summed E-state index contributed by atoms with van der Waals surface area (Å²) >= 11 is 1.36. The number of ether oxygens (including phenoxy) is 2. The van der Waals surface area contributed by atoms with Crippen LogP contribution in [0.25, 0.3) is 10.6 Å². The van der Waals surface area contributed by atoms with E-state index >= 15 is 0 Å². The van der Waals surface area contributed by atoms with Crippen molar-refractivity contribution in [1.82, 2.24) is 4.98 Å². The fraction of sp³-hybridized carbons (Fsp3) is 0.238. The molecule has 1 aromatic heterocycles. The first-order valence-corrected chi connectivity index (χ1v) is 9.68. The smallest absolute Gasteiger partial charge is 0.275 e. The standard InChI is InChI=1S/C21H21FN2O3S/c1-13(2)11-27-18-9-4-14(10-19(18)26-3)21-24-17(12-28-21)20(25)23-16-7-5-15(22)6-8-16/h4-10,12-13H,11H2,1-3H3,(H,23,25). The molecule has 0 fully saturated rings. The third-order valence-electron chi connectivity index (χ3n) is 3.82. The van der Waals surface area contributed by atoms with Crippen molar-refractivity contribution >= 4 is 22.9 Å². The molecule has 0 saturated heterocycles. The molecule has 0 spiro atoms. The molecule has 1 heterocycles. The zero-order valence-corrected chi connectivity index (χ0v) is 16.7. The molecule has 0 atom stereocenters. The SMILES string of the molecule is COc1cc(-c2nc(C(=O)Nc3ccc(F)cc3)cs2)ccc1OCC(C)C. The van der Waals surface area contributed by atoms with Gasteiger partial charge in [0.2, 0.25) is 0 Å². The summed E-state index contributed by atoms with van der Waals surface area (Å²) in [7, 11) is 1.59. The number of carbonyl (C=O) groups is 1. The molecule has 0 unspecified atom stereocenters. The number of rotatable bonds is 7. The normalized spacial score (nSPS) is 10.8. The highest BCUT2D eigenvalue weighted by Gasteiger charge is 2.14. The quantitative estimate of drug-likeness (QED) is 0.589. The van der Waals surface area contributed by atoms with Gasteiger partial charge in [0.15, 0.2) is 11.5 Å². The first-order chi connectivity index (χ1) is 13.5. The second kappa shape index (κ2) is 8.84. The molecule has 2 aromatic carbocycles. The topological polar surface area (TPSA) is 60.5 Å². The van der Waals surface area contributed by atoms with Gasteiger partial charge in [-0.25, -0.2) is 9.37 Å². The molecule has 146 valence electrons. The summed E-state index contributed by atoms with van der Waals surface area (Å²) in [6.07, 6.45) is 0. The number of methoxy groups -OCH3 is 1. The van der Waals surface area contributed by atoms with Gasteiger partial charge in [-0.3, -0.25) is 4.79 Å². The molecule has 1 N–H and O–H groups in total. The first-order valence-electron chi connectivity index (χ1n) is 8.80. The highest BCUT2D eigenvalue weighted by atomic mass is 32.1. The number of hydrogen-bond acceptors (Lipinski definition) is 5. The molecule has 0 aliphatic carbocycles. The third kappa shape index (κ3) is 4.86. The van der Waals surface area contributed by atoms with Gasteiger partial charge in [-0.05, 0) is 48.4 Å². The van der Waals surface area contributed by atoms with Crippen LogP contribution in [-0.4, -0.2) is 24.6 Å². The summed E-state index contributed by atoms with van der Waals surface area (Å²) in [6.45, 7) is 4.75. The predicted octanol–water partition coefficient (Wildman–Crippen LogP) is 5.24. The fourth-order valence-corrected chi connectivity index (χ4v) is 3.21. The van der Waals surface area contributed by atoms with Crippen molar-refractivity contribution in [3.8, 4) is 22.1 Å². The number of carbonyl (C=O) groups excluding carboxylic acids is 1. The third-order valence-corrected chi connectivity index (χ3v) is 4.71. The van der Waals surface area contributed by atoms with Crippen molar-refractivity contribution in [2.24, 2.45) is 5.92 Å². The Morgan fingerprint density at radius 2 is 1.93 bits per heavy atom. The van der Waals surface area contributed by atoms with Crippen LogP contribution in [0.15, 0.2) is 47.8 Å². The number of benzene rings is 2. The molecule has 0 aliphatic rings. The molecule has 3 rings (SSSR count). The summed E-state index contributed by atoms with van der Waals surface area (Å²) in [4.78, 5) is 16.8. The number of nitrogens with zero attached hydrogens (tertiary/aromatic N) is 1. The van der Waals surface area contributed by atoms with Crippen LogP contribution < -0.4 is 14.8 Å². The average molecular weight is 400 g/mol. The Morgan fingerprint density at radius 1 is 1.18 bits per heavy atom. The second-order valence-electron chi connectivity index (χ2n) is 6.57. The fourth-order valence-electron chi connectivity index (χ4n) is 2.42. The van der Waals surface area contributed by atoms with Gasteiger partial charge in [-0.15, -0.1) is 11.3 Å². The Labute approximate surface area is 167 Å². The van der Waals surface area contributed by atoms with E-state index in [1.807, 2.05) is 18.2 Å². The minimum Gasteiger partial charge on any atom is -0.493 e. The Morgan fingerprint density at radius 3 is 2.61 bits per heavy atom. The molecule has 3 aromatic rings. The number of thiazole rings is 1. The Hall–Kier alpha value is -2.93. The van der Waals surface area contributed by atoms with Crippen LogP contribution in [-0.2, 0) is 0 Å². The molecule has 0 bridgehead atoms. The van der Waals surface area contributed by atoms with Crippen molar-refractivity contribution < 1.29 is 18.7 Å². The average Bonchev–Trinajstić information content (AvgIpc) is 3.18. The molecule has 0 radical (unpaired) electrons. The minimum atomic E-state index is -0.358. The van der Waals surface area contributed by atoms with E-state index in [0.29, 0.717) is 40.4 Å². The van der Waals surface area contributed by atoms with E-state index in [-0.39, 0.29) is 11.7 Å². The lowest BCUT2D eigenvalue weighted by atomic mass is 10.2. The molecule has 0 aliphatic heterocycles. The van der Waals surface area contributed by atoms with E-state index in [1.54, 1.807) is 12.5 Å². The number of aromatic nitrogens is 1. The van der Waals surface area contributed by atoms with Crippen molar-refractivity contribution in [3.63, 3.8) is 0 Å². The van der Waals surface area contributed by atoms with Crippen LogP contribution in [0.1, 0.15) is 24.3 Å². The van der Waals surface area contributed by atoms with E-state index < -0.39 is 0 Å². The maximum Gasteiger partial charge on any atom is 0.275 e. The molecule has 0 saturated carbocycles. The van der Waals surface area contributed by atoms with Gasteiger partial charge in [0.05, 0.1) is 13.7 Å². The molecular weight excluding hydrogens is 379 g/mol. The first kappa shape index (κ1) is 19.8. The number of halogens is 1. The lowest BCUT2D eigenvalue weighted by molar-refractivity contribution is 0.102. The summed E-state index contributed by atoms with van der Waals surface area (Å²) in [6, 6.07) is 11.2.